The van der Waals surface area contributed by atoms with Gasteiger partial charge in [0.05, 0.1) is 0 Å². The maximum absolute atomic E-state index is 11.4. The van der Waals surface area contributed by atoms with Crippen LogP contribution in [0.3, 0.4) is 0 Å². The predicted molar refractivity (Wildman–Crippen MR) is 62.2 cm³/mol. The van der Waals surface area contributed by atoms with Crippen LogP contribution in [0.1, 0.15) is 0 Å². The molecule has 5 heterocycles. The van der Waals surface area contributed by atoms with Crippen LogP contribution in [0.5, 0.6) is 0 Å². The van der Waals surface area contributed by atoms with Crippen molar-refractivity contribution in [2.75, 3.05) is 14.1 Å². The van der Waals surface area contributed by atoms with Crippen LogP contribution in [0.4, 0.5) is 0 Å². The molecule has 0 aliphatic carbocycles. The number of hydrogen-bond acceptors (Lipinski definition) is 8. The van der Waals surface area contributed by atoms with Gasteiger partial charge in [-0.2, -0.15) is 0 Å². The Morgan fingerprint density at radius 1 is 0.800 bits per heavy atom. The Morgan fingerprint density at radius 3 is 1.50 bits per heavy atom. The average molecular weight is 286 g/mol. The first-order valence-corrected chi connectivity index (χ1v) is 6.25. The van der Waals surface area contributed by atoms with E-state index in [1.165, 1.54) is 0 Å². The van der Waals surface area contributed by atoms with E-state index in [9.17, 15) is 20.2 Å². The maximum atomic E-state index is 11.4. The summed E-state index contributed by atoms with van der Waals surface area (Å²) in [4.78, 5) is 26.3. The highest BCUT2D eigenvalue weighted by atomic mass is 16.7. The van der Waals surface area contributed by atoms with Gasteiger partial charge in [-0.3, -0.25) is 20.4 Å². The first kappa shape index (κ1) is 12.0. The third-order valence-corrected chi connectivity index (χ3v) is 4.75. The Balaban J connectivity index is 1.88. The number of hydrogen-bond donors (Lipinski definition) is 2. The smallest absolute Gasteiger partial charge is 0.185 e. The molecule has 5 aliphatic heterocycles. The molecule has 0 aromatic carbocycles. The van der Waals surface area contributed by atoms with Crippen LogP contribution in [-0.2, 0) is 0 Å². The molecule has 6 bridgehead atoms. The summed E-state index contributed by atoms with van der Waals surface area (Å²) in [5.74, 6) is 0. The van der Waals surface area contributed by atoms with Gasteiger partial charge in [0.1, 0.15) is 12.3 Å². The summed E-state index contributed by atoms with van der Waals surface area (Å²) in [7, 11) is 3.49. The number of hydrazine groups is 2. The van der Waals surface area contributed by atoms with Crippen molar-refractivity contribution in [2.24, 2.45) is 0 Å². The van der Waals surface area contributed by atoms with E-state index in [4.69, 9.17) is 0 Å². The van der Waals surface area contributed by atoms with Crippen molar-refractivity contribution in [1.29, 1.82) is 0 Å². The Hall–Kier alpha value is -1.76. The summed E-state index contributed by atoms with van der Waals surface area (Å²) >= 11 is 0. The molecule has 20 heavy (non-hydrogen) atoms. The van der Waals surface area contributed by atoms with Gasteiger partial charge in [-0.15, -0.1) is 0 Å². The molecule has 5 aliphatic rings. The van der Waals surface area contributed by atoms with Crippen LogP contribution in [0.15, 0.2) is 0 Å². The van der Waals surface area contributed by atoms with Gasteiger partial charge in [-0.1, -0.05) is 10.0 Å². The topological polar surface area (TPSA) is 123 Å². The number of rotatable bonds is 2. The molecular formula is C8H14N8O4. The lowest BCUT2D eigenvalue weighted by Gasteiger charge is -2.39. The molecule has 0 saturated carbocycles. The van der Waals surface area contributed by atoms with Crippen molar-refractivity contribution in [1.82, 2.24) is 30.5 Å². The van der Waals surface area contributed by atoms with Crippen LogP contribution in [0.2, 0.25) is 0 Å². The monoisotopic (exact) mass is 286 g/mol. The Kier molecular flexibility index (Phi) is 2.08. The minimum atomic E-state index is -0.687. The first-order chi connectivity index (χ1) is 9.43. The largest absolute Gasteiger partial charge is 0.280 e. The van der Waals surface area contributed by atoms with Crippen molar-refractivity contribution >= 4 is 0 Å². The van der Waals surface area contributed by atoms with Crippen LogP contribution in [0.25, 0.3) is 0 Å². The molecule has 0 aromatic heterocycles. The zero-order chi connectivity index (χ0) is 14.3. The second-order valence-electron chi connectivity index (χ2n) is 5.51. The molecule has 2 N–H and O–H groups in total. The summed E-state index contributed by atoms with van der Waals surface area (Å²) in [5, 5.41) is 30.2. The molecule has 6 atom stereocenters. The van der Waals surface area contributed by atoms with Crippen LogP contribution < -0.4 is 10.6 Å². The van der Waals surface area contributed by atoms with E-state index >= 15 is 0 Å². The molecule has 0 spiro atoms. The highest BCUT2D eigenvalue weighted by Crippen LogP contribution is 2.41. The zero-order valence-electron chi connectivity index (χ0n) is 10.8. The van der Waals surface area contributed by atoms with Gasteiger partial charge in [0.15, 0.2) is 34.7 Å². The summed E-state index contributed by atoms with van der Waals surface area (Å²) in [6.45, 7) is 0. The van der Waals surface area contributed by atoms with Gasteiger partial charge < -0.3 is 0 Å². The van der Waals surface area contributed by atoms with Crippen molar-refractivity contribution in [2.45, 2.75) is 37.0 Å². The molecule has 12 heteroatoms. The van der Waals surface area contributed by atoms with E-state index in [0.29, 0.717) is 0 Å². The molecule has 110 valence electrons. The summed E-state index contributed by atoms with van der Waals surface area (Å²) < 4.78 is 0. The van der Waals surface area contributed by atoms with Gasteiger partial charge in [-0.05, 0) is 14.1 Å². The molecule has 5 saturated heterocycles. The average Bonchev–Trinajstić information content (AvgIpc) is 2.71. The van der Waals surface area contributed by atoms with E-state index < -0.39 is 34.7 Å². The van der Waals surface area contributed by atoms with Crippen molar-refractivity contribution in [3.8, 4) is 0 Å². The van der Waals surface area contributed by atoms with E-state index in [0.717, 1.165) is 10.0 Å². The molecule has 0 radical (unpaired) electrons. The van der Waals surface area contributed by atoms with Gasteiger partial charge >= 0.3 is 0 Å². The lowest BCUT2D eigenvalue weighted by Crippen LogP contribution is -2.72. The highest BCUT2D eigenvalue weighted by molar-refractivity contribution is 5.11. The highest BCUT2D eigenvalue weighted by Gasteiger charge is 2.72. The van der Waals surface area contributed by atoms with Gasteiger partial charge in [0.2, 0.25) is 0 Å². The molecule has 5 fully saturated rings. The summed E-state index contributed by atoms with van der Waals surface area (Å²) in [6, 6.07) is 0. The second kappa shape index (κ2) is 3.46. The lowest BCUT2D eigenvalue weighted by molar-refractivity contribution is -0.688. The quantitative estimate of drug-likeness (QED) is 0.401. The fourth-order valence-electron chi connectivity index (χ4n) is 3.96. The van der Waals surface area contributed by atoms with E-state index in [2.05, 4.69) is 10.6 Å². The maximum Gasteiger partial charge on any atom is 0.185 e. The fraction of sp³-hybridized carbons (Fsp3) is 1.00. The minimum Gasteiger partial charge on any atom is -0.280 e. The molecule has 6 unspecified atom stereocenters. The summed E-state index contributed by atoms with van der Waals surface area (Å²) in [6.07, 6.45) is -3.02. The predicted octanol–water partition coefficient (Wildman–Crippen LogP) is -2.97. The fourth-order valence-corrected chi connectivity index (χ4v) is 3.96. The third kappa shape index (κ3) is 1.11. The SMILES string of the molecule is CN1C2NC3C4NC2N([N+](=O)[O-])C1C(N3C)N4[N+](=O)[O-]. The second-order valence-corrected chi connectivity index (χ2v) is 5.51. The van der Waals surface area contributed by atoms with Crippen molar-refractivity contribution < 1.29 is 10.1 Å². The van der Waals surface area contributed by atoms with Crippen LogP contribution >= 0.6 is 0 Å². The van der Waals surface area contributed by atoms with Crippen LogP contribution in [-0.4, -0.2) is 81.0 Å². The minimum absolute atomic E-state index is 0.243. The van der Waals surface area contributed by atoms with E-state index in [1.807, 2.05) is 0 Å². The lowest BCUT2D eigenvalue weighted by atomic mass is 10.2. The Labute approximate surface area is 113 Å². The van der Waals surface area contributed by atoms with Gasteiger partial charge in [-0.25, -0.2) is 20.2 Å². The van der Waals surface area contributed by atoms with E-state index in [1.54, 1.807) is 23.9 Å². The number of piperazine rings is 1. The Bertz CT molecular complexity index is 461. The Morgan fingerprint density at radius 2 is 1.15 bits per heavy atom. The zero-order valence-corrected chi connectivity index (χ0v) is 10.8. The number of nitro groups is 2. The molecule has 12 nitrogen and oxygen atoms in total. The van der Waals surface area contributed by atoms with Gasteiger partial charge in [0, 0.05) is 0 Å². The van der Waals surface area contributed by atoms with E-state index in [-0.39, 0.29) is 12.3 Å². The number of nitrogens with zero attached hydrogens (tertiary/aromatic N) is 6. The normalized spacial score (nSPS) is 46.3. The third-order valence-electron chi connectivity index (χ3n) is 4.75. The number of nitrogens with one attached hydrogen (secondary N) is 2. The molecular weight excluding hydrogens is 272 g/mol. The number of likely N-dealkylation sites (N-methyl/N-ethyl adjacent to an activating group) is 2. The molecule has 0 amide bonds. The van der Waals surface area contributed by atoms with Crippen LogP contribution in [0, 0.1) is 20.2 Å². The standard InChI is InChI=1S/C8H14N8O4/c1-11-3-5-10-6-4(9-3)12(2)8(14(6)16(19)20)7(11)13(5)15(17)18/h3-10H,1-2H3. The van der Waals surface area contributed by atoms with Crippen molar-refractivity contribution in [3.05, 3.63) is 20.2 Å². The molecule has 5 rings (SSSR count). The molecule has 0 aromatic rings. The summed E-state index contributed by atoms with van der Waals surface area (Å²) in [5.41, 5.74) is 0. The van der Waals surface area contributed by atoms with Gasteiger partial charge in [0.25, 0.3) is 0 Å². The first-order valence-electron chi connectivity index (χ1n) is 6.25. The van der Waals surface area contributed by atoms with Crippen molar-refractivity contribution in [3.63, 3.8) is 0 Å².